The van der Waals surface area contributed by atoms with Gasteiger partial charge < -0.3 is 0 Å². The molecule has 0 heterocycles. The molecule has 2 aliphatic rings. The summed E-state index contributed by atoms with van der Waals surface area (Å²) in [5, 5.41) is 1.59. The highest BCUT2D eigenvalue weighted by Gasteiger charge is 2.23. The Morgan fingerprint density at radius 1 is 0.933 bits per heavy atom. The lowest BCUT2D eigenvalue weighted by Crippen LogP contribution is -2.25. The fraction of sp³-hybridized carbons (Fsp3) is 0.286. The van der Waals surface area contributed by atoms with Crippen LogP contribution < -0.4 is 0 Å². The van der Waals surface area contributed by atoms with E-state index in [4.69, 9.17) is 0 Å². The molecule has 0 N–H and O–H groups in total. The maximum atomic E-state index is 2.41. The highest BCUT2D eigenvalue weighted by molar-refractivity contribution is 6.84. The molecule has 15 heavy (non-hydrogen) atoms. The molecule has 78 valence electrons. The number of hydrogen-bond acceptors (Lipinski definition) is 0. The van der Waals surface area contributed by atoms with Gasteiger partial charge in [-0.2, -0.15) is 0 Å². The van der Waals surface area contributed by atoms with Gasteiger partial charge in [-0.05, 0) is 17.6 Å². The summed E-state index contributed by atoms with van der Waals surface area (Å²) in [4.78, 5) is 0. The van der Waals surface area contributed by atoms with Crippen LogP contribution in [-0.2, 0) is 0 Å². The van der Waals surface area contributed by atoms with Gasteiger partial charge in [-0.25, -0.2) is 0 Å². The normalized spacial score (nSPS) is 20.1. The summed E-state index contributed by atoms with van der Waals surface area (Å²) in [6, 6.07) is 0. The average molecular weight is 214 g/mol. The Kier molecular flexibility index (Phi) is 2.66. The molecule has 0 unspecified atom stereocenters. The van der Waals surface area contributed by atoms with Gasteiger partial charge in [0.25, 0.3) is 0 Å². The Bertz CT molecular complexity index is 409. The van der Waals surface area contributed by atoms with Crippen LogP contribution in [0.15, 0.2) is 58.9 Å². The van der Waals surface area contributed by atoms with Crippen molar-refractivity contribution in [2.24, 2.45) is 0 Å². The maximum absolute atomic E-state index is 2.41. The molecule has 1 heteroatoms. The van der Waals surface area contributed by atoms with Crippen molar-refractivity contribution >= 4 is 8.07 Å². The Balaban J connectivity index is 2.47. The summed E-state index contributed by atoms with van der Waals surface area (Å²) < 4.78 is 0. The van der Waals surface area contributed by atoms with Crippen LogP contribution in [0.3, 0.4) is 0 Å². The summed E-state index contributed by atoms with van der Waals surface area (Å²) in [6.45, 7) is 7.24. The van der Waals surface area contributed by atoms with E-state index in [-0.39, 0.29) is 0 Å². The van der Waals surface area contributed by atoms with E-state index in [0.29, 0.717) is 0 Å². The van der Waals surface area contributed by atoms with Crippen LogP contribution in [0.25, 0.3) is 0 Å². The van der Waals surface area contributed by atoms with Crippen LogP contribution in [0.2, 0.25) is 19.6 Å². The molecule has 0 atom stereocenters. The van der Waals surface area contributed by atoms with E-state index in [9.17, 15) is 0 Å². The smallest absolute Gasteiger partial charge is 0.0656 e. The Labute approximate surface area is 93.4 Å². The van der Waals surface area contributed by atoms with Crippen molar-refractivity contribution < 1.29 is 0 Å². The van der Waals surface area contributed by atoms with Crippen LogP contribution in [0.5, 0.6) is 0 Å². The van der Waals surface area contributed by atoms with E-state index < -0.39 is 8.07 Å². The van der Waals surface area contributed by atoms with Crippen LogP contribution >= 0.6 is 0 Å². The monoisotopic (exact) mass is 214 g/mol. The molecule has 2 rings (SSSR count). The molecule has 0 fully saturated rings. The predicted molar refractivity (Wildman–Crippen MR) is 70.5 cm³/mol. The lowest BCUT2D eigenvalue weighted by atomic mass is 10.1. The van der Waals surface area contributed by atoms with E-state index in [0.717, 1.165) is 6.42 Å². The van der Waals surface area contributed by atoms with Crippen LogP contribution in [-0.4, -0.2) is 8.07 Å². The Morgan fingerprint density at radius 2 is 1.67 bits per heavy atom. The fourth-order valence-corrected chi connectivity index (χ4v) is 3.83. The van der Waals surface area contributed by atoms with Gasteiger partial charge in [-0.15, -0.1) is 0 Å². The van der Waals surface area contributed by atoms with Gasteiger partial charge in [0, 0.05) is 0 Å². The maximum Gasteiger partial charge on any atom is 0.0779 e. The largest absolute Gasteiger partial charge is 0.0779 e. The molecule has 2 bridgehead atoms. The molecule has 0 nitrogen and oxygen atoms in total. The van der Waals surface area contributed by atoms with Crippen molar-refractivity contribution in [1.29, 1.82) is 0 Å². The zero-order valence-corrected chi connectivity index (χ0v) is 10.7. The first-order chi connectivity index (χ1) is 7.07. The van der Waals surface area contributed by atoms with E-state index in [2.05, 4.69) is 62.2 Å². The average Bonchev–Trinajstić information content (AvgIpc) is 2.47. The van der Waals surface area contributed by atoms with Crippen molar-refractivity contribution in [2.75, 3.05) is 0 Å². The molecule has 0 saturated carbocycles. The first-order valence-corrected chi connectivity index (χ1v) is 9.03. The SMILES string of the molecule is C[Si](C)(C)C1=CC=CC2=CC=CC=C1C2. The fourth-order valence-electron chi connectivity index (χ4n) is 2.09. The Hall–Kier alpha value is -1.08. The van der Waals surface area contributed by atoms with Gasteiger partial charge in [0.1, 0.15) is 0 Å². The van der Waals surface area contributed by atoms with Gasteiger partial charge in [-0.1, -0.05) is 67.4 Å². The van der Waals surface area contributed by atoms with Crippen LogP contribution in [0, 0.1) is 0 Å². The Morgan fingerprint density at radius 3 is 2.40 bits per heavy atom. The van der Waals surface area contributed by atoms with E-state index in [1.54, 1.807) is 5.20 Å². The van der Waals surface area contributed by atoms with E-state index in [1.165, 1.54) is 11.1 Å². The molecule has 0 amide bonds. The van der Waals surface area contributed by atoms with Crippen LogP contribution in [0.1, 0.15) is 6.42 Å². The second-order valence-electron chi connectivity index (χ2n) is 5.18. The van der Waals surface area contributed by atoms with Crippen molar-refractivity contribution in [3.63, 3.8) is 0 Å². The van der Waals surface area contributed by atoms with Crippen molar-refractivity contribution in [3.05, 3.63) is 58.9 Å². The topological polar surface area (TPSA) is 0 Å². The number of fused-ring (bicyclic) bond motifs is 2. The summed E-state index contributed by atoms with van der Waals surface area (Å²) >= 11 is 0. The number of hydrogen-bond donors (Lipinski definition) is 0. The van der Waals surface area contributed by atoms with Gasteiger partial charge in [0.15, 0.2) is 0 Å². The molecule has 2 aliphatic carbocycles. The zero-order valence-electron chi connectivity index (χ0n) is 9.75. The van der Waals surface area contributed by atoms with Crippen molar-refractivity contribution in [2.45, 2.75) is 26.1 Å². The van der Waals surface area contributed by atoms with Crippen LogP contribution in [0.4, 0.5) is 0 Å². The standard InChI is InChI=1S/C14H18Si/c1-15(2,3)14-10-6-8-12-7-4-5-9-13(14)11-12/h4-10H,11H2,1-3H3. The quantitative estimate of drug-likeness (QED) is 0.575. The lowest BCUT2D eigenvalue weighted by molar-refractivity contribution is 1.20. The first-order valence-electron chi connectivity index (χ1n) is 5.53. The molecule has 0 aromatic heterocycles. The second-order valence-corrected chi connectivity index (χ2v) is 10.2. The molecule has 0 aromatic carbocycles. The number of rotatable bonds is 1. The van der Waals surface area contributed by atoms with E-state index >= 15 is 0 Å². The van der Waals surface area contributed by atoms with Gasteiger partial charge in [0.05, 0.1) is 8.07 Å². The van der Waals surface area contributed by atoms with Crippen molar-refractivity contribution in [1.82, 2.24) is 0 Å². The second kappa shape index (κ2) is 3.82. The molecular formula is C14H18Si. The predicted octanol–water partition coefficient (Wildman–Crippen LogP) is 4.17. The summed E-state index contributed by atoms with van der Waals surface area (Å²) in [5.74, 6) is 0. The van der Waals surface area contributed by atoms with Crippen molar-refractivity contribution in [3.8, 4) is 0 Å². The van der Waals surface area contributed by atoms with E-state index in [1.807, 2.05) is 0 Å². The van der Waals surface area contributed by atoms with Gasteiger partial charge in [0.2, 0.25) is 0 Å². The highest BCUT2D eigenvalue weighted by atomic mass is 28.3. The summed E-state index contributed by atoms with van der Waals surface area (Å²) in [7, 11) is -1.21. The molecular weight excluding hydrogens is 196 g/mol. The first kappa shape index (κ1) is 10.4. The third-order valence-corrected chi connectivity index (χ3v) is 4.94. The minimum absolute atomic E-state index is 1.10. The zero-order chi connectivity index (χ0) is 10.9. The summed E-state index contributed by atoms with van der Waals surface area (Å²) in [5.41, 5.74) is 2.93. The van der Waals surface area contributed by atoms with Gasteiger partial charge >= 0.3 is 0 Å². The molecule has 0 aromatic rings. The third kappa shape index (κ3) is 2.29. The molecule has 0 spiro atoms. The minimum Gasteiger partial charge on any atom is -0.0656 e. The third-order valence-electron chi connectivity index (χ3n) is 2.84. The van der Waals surface area contributed by atoms with Gasteiger partial charge in [-0.3, -0.25) is 0 Å². The molecule has 0 saturated heterocycles. The number of allylic oxidation sites excluding steroid dienone is 10. The summed E-state index contributed by atoms with van der Waals surface area (Å²) in [6.07, 6.45) is 16.6. The minimum atomic E-state index is -1.21. The lowest BCUT2D eigenvalue weighted by Gasteiger charge is -2.22. The highest BCUT2D eigenvalue weighted by Crippen LogP contribution is 2.31. The molecule has 0 aliphatic heterocycles. The molecule has 0 radical (unpaired) electrons.